The van der Waals surface area contributed by atoms with Crippen LogP contribution in [-0.2, 0) is 6.42 Å². The van der Waals surface area contributed by atoms with Crippen molar-refractivity contribution < 1.29 is 0 Å². The van der Waals surface area contributed by atoms with Crippen molar-refractivity contribution in [1.82, 2.24) is 9.97 Å². The van der Waals surface area contributed by atoms with Crippen molar-refractivity contribution in [2.24, 2.45) is 5.92 Å². The summed E-state index contributed by atoms with van der Waals surface area (Å²) in [6.07, 6.45) is 4.87. The van der Waals surface area contributed by atoms with Gasteiger partial charge >= 0.3 is 0 Å². The summed E-state index contributed by atoms with van der Waals surface area (Å²) in [5, 5.41) is 1.02. The first-order valence-electron chi connectivity index (χ1n) is 5.12. The van der Waals surface area contributed by atoms with Crippen LogP contribution in [0.5, 0.6) is 0 Å². The molecule has 3 heteroatoms. The molecule has 0 N–H and O–H groups in total. The number of pyridine rings is 1. The molecule has 2 rings (SSSR count). The van der Waals surface area contributed by atoms with Gasteiger partial charge in [0.25, 0.3) is 0 Å². The molecule has 0 aliphatic carbocycles. The molecule has 0 aliphatic rings. The van der Waals surface area contributed by atoms with Crippen molar-refractivity contribution in [3.63, 3.8) is 0 Å². The zero-order valence-electron chi connectivity index (χ0n) is 8.97. The van der Waals surface area contributed by atoms with Crippen LogP contribution in [-0.4, -0.2) is 9.97 Å². The predicted molar refractivity (Wildman–Crippen MR) is 63.9 cm³/mol. The minimum Gasteiger partial charge on any atom is -0.254 e. The molecule has 2 aromatic rings. The summed E-state index contributed by atoms with van der Waals surface area (Å²) in [4.78, 5) is 10.0. The Morgan fingerprint density at radius 3 is 2.80 bits per heavy atom. The summed E-state index contributed by atoms with van der Waals surface area (Å²) in [5.74, 6) is 0.682. The molecule has 0 bridgehead atoms. The van der Waals surface area contributed by atoms with E-state index in [1.165, 1.54) is 4.88 Å². The lowest BCUT2D eigenvalue weighted by atomic mass is 10.1. The van der Waals surface area contributed by atoms with Crippen LogP contribution in [0.15, 0.2) is 30.6 Å². The average Bonchev–Trinajstić information content (AvgIpc) is 2.67. The molecule has 2 nitrogen and oxygen atoms in total. The third kappa shape index (κ3) is 2.63. The van der Waals surface area contributed by atoms with Gasteiger partial charge in [-0.05, 0) is 24.5 Å². The molecular formula is C12H14N2S. The fraction of sp³-hybridized carbons (Fsp3) is 0.333. The third-order valence-electron chi connectivity index (χ3n) is 2.05. The number of nitrogens with zero attached hydrogens (tertiary/aromatic N) is 2. The Labute approximate surface area is 94.0 Å². The lowest BCUT2D eigenvalue weighted by molar-refractivity contribution is 0.653. The van der Waals surface area contributed by atoms with E-state index in [0.29, 0.717) is 5.92 Å². The second-order valence-corrected chi connectivity index (χ2v) is 5.06. The van der Waals surface area contributed by atoms with Gasteiger partial charge in [-0.3, -0.25) is 4.98 Å². The van der Waals surface area contributed by atoms with Crippen molar-refractivity contribution in [1.29, 1.82) is 0 Å². The molecule has 15 heavy (non-hydrogen) atoms. The molecule has 0 unspecified atom stereocenters. The molecule has 0 saturated carbocycles. The van der Waals surface area contributed by atoms with Gasteiger partial charge in [0, 0.05) is 17.3 Å². The van der Waals surface area contributed by atoms with Gasteiger partial charge in [-0.2, -0.15) is 0 Å². The molecule has 78 valence electrons. The van der Waals surface area contributed by atoms with Crippen LogP contribution >= 0.6 is 11.3 Å². The minimum absolute atomic E-state index is 0.682. The van der Waals surface area contributed by atoms with Crippen LogP contribution < -0.4 is 0 Å². The quantitative estimate of drug-likeness (QED) is 0.789. The summed E-state index contributed by atoms with van der Waals surface area (Å²) >= 11 is 1.74. The van der Waals surface area contributed by atoms with Gasteiger partial charge in [-0.25, -0.2) is 4.98 Å². The Hall–Kier alpha value is -1.22. The molecule has 0 radical (unpaired) electrons. The molecule has 0 aromatic carbocycles. The normalized spacial score (nSPS) is 10.9. The number of thiazole rings is 1. The standard InChI is InChI=1S/C12H14N2S/c1-9(2)7-10-8-14-12(15-10)11-5-3-4-6-13-11/h3-6,8-9H,7H2,1-2H3. The van der Waals surface area contributed by atoms with Crippen molar-refractivity contribution in [3.8, 4) is 10.7 Å². The van der Waals surface area contributed by atoms with E-state index in [1.807, 2.05) is 24.4 Å². The van der Waals surface area contributed by atoms with E-state index < -0.39 is 0 Å². The van der Waals surface area contributed by atoms with Gasteiger partial charge in [-0.15, -0.1) is 11.3 Å². The minimum atomic E-state index is 0.682. The Morgan fingerprint density at radius 1 is 1.27 bits per heavy atom. The lowest BCUT2D eigenvalue weighted by Gasteiger charge is -1.98. The highest BCUT2D eigenvalue weighted by Crippen LogP contribution is 2.24. The van der Waals surface area contributed by atoms with Crippen molar-refractivity contribution >= 4 is 11.3 Å². The van der Waals surface area contributed by atoms with E-state index >= 15 is 0 Å². The third-order valence-corrected chi connectivity index (χ3v) is 3.09. The molecule has 0 spiro atoms. The topological polar surface area (TPSA) is 25.8 Å². The van der Waals surface area contributed by atoms with Crippen molar-refractivity contribution in [2.45, 2.75) is 20.3 Å². The molecular weight excluding hydrogens is 204 g/mol. The van der Waals surface area contributed by atoms with Gasteiger partial charge in [0.05, 0.1) is 5.69 Å². The van der Waals surface area contributed by atoms with E-state index in [2.05, 4.69) is 23.8 Å². The Bertz CT molecular complexity index is 420. The lowest BCUT2D eigenvalue weighted by Crippen LogP contribution is -1.89. The number of rotatable bonds is 3. The number of aromatic nitrogens is 2. The number of hydrogen-bond donors (Lipinski definition) is 0. The fourth-order valence-corrected chi connectivity index (χ4v) is 2.51. The summed E-state index contributed by atoms with van der Waals surface area (Å²) in [7, 11) is 0. The fourth-order valence-electron chi connectivity index (χ4n) is 1.41. The Balaban J connectivity index is 2.21. The summed E-state index contributed by atoms with van der Waals surface area (Å²) < 4.78 is 0. The van der Waals surface area contributed by atoms with E-state index in [0.717, 1.165) is 17.1 Å². The SMILES string of the molecule is CC(C)Cc1cnc(-c2ccccn2)s1. The summed E-state index contributed by atoms with van der Waals surface area (Å²) in [6.45, 7) is 4.44. The first-order chi connectivity index (χ1) is 7.25. The van der Waals surface area contributed by atoms with Crippen LogP contribution in [0.2, 0.25) is 0 Å². The van der Waals surface area contributed by atoms with E-state index in [9.17, 15) is 0 Å². The van der Waals surface area contributed by atoms with Crippen LogP contribution in [0.25, 0.3) is 10.7 Å². The highest BCUT2D eigenvalue weighted by molar-refractivity contribution is 7.15. The largest absolute Gasteiger partial charge is 0.254 e. The molecule has 0 saturated heterocycles. The number of hydrogen-bond acceptors (Lipinski definition) is 3. The van der Waals surface area contributed by atoms with Crippen LogP contribution in [0.1, 0.15) is 18.7 Å². The Kier molecular flexibility index (Phi) is 3.11. The molecule has 0 amide bonds. The van der Waals surface area contributed by atoms with Crippen LogP contribution in [0.3, 0.4) is 0 Å². The summed E-state index contributed by atoms with van der Waals surface area (Å²) in [5.41, 5.74) is 0.970. The monoisotopic (exact) mass is 218 g/mol. The van der Waals surface area contributed by atoms with Gasteiger partial charge in [0.2, 0.25) is 0 Å². The second-order valence-electron chi connectivity index (χ2n) is 3.94. The van der Waals surface area contributed by atoms with Gasteiger partial charge in [-0.1, -0.05) is 19.9 Å². The Morgan fingerprint density at radius 2 is 2.13 bits per heavy atom. The zero-order valence-corrected chi connectivity index (χ0v) is 9.79. The van der Waals surface area contributed by atoms with Crippen LogP contribution in [0.4, 0.5) is 0 Å². The van der Waals surface area contributed by atoms with Gasteiger partial charge < -0.3 is 0 Å². The van der Waals surface area contributed by atoms with E-state index in [4.69, 9.17) is 0 Å². The summed E-state index contributed by atoms with van der Waals surface area (Å²) in [6, 6.07) is 5.91. The average molecular weight is 218 g/mol. The maximum atomic E-state index is 4.40. The van der Waals surface area contributed by atoms with Crippen molar-refractivity contribution in [3.05, 3.63) is 35.5 Å². The second kappa shape index (κ2) is 4.53. The smallest absolute Gasteiger partial charge is 0.142 e. The maximum absolute atomic E-state index is 4.40. The first kappa shape index (κ1) is 10.3. The molecule has 0 fully saturated rings. The maximum Gasteiger partial charge on any atom is 0.142 e. The predicted octanol–water partition coefficient (Wildman–Crippen LogP) is 3.40. The molecule has 0 aliphatic heterocycles. The highest BCUT2D eigenvalue weighted by atomic mass is 32.1. The van der Waals surface area contributed by atoms with Gasteiger partial charge in [0.1, 0.15) is 5.01 Å². The molecule has 0 atom stereocenters. The van der Waals surface area contributed by atoms with E-state index in [1.54, 1.807) is 17.5 Å². The first-order valence-corrected chi connectivity index (χ1v) is 5.93. The van der Waals surface area contributed by atoms with Crippen molar-refractivity contribution in [2.75, 3.05) is 0 Å². The highest BCUT2D eigenvalue weighted by Gasteiger charge is 2.06. The zero-order chi connectivity index (χ0) is 10.7. The molecule has 2 aromatic heterocycles. The van der Waals surface area contributed by atoms with Crippen LogP contribution in [0, 0.1) is 5.92 Å². The van der Waals surface area contributed by atoms with Gasteiger partial charge in [0.15, 0.2) is 0 Å². The molecule has 2 heterocycles. The van der Waals surface area contributed by atoms with E-state index in [-0.39, 0.29) is 0 Å².